The first-order valence-electron chi connectivity index (χ1n) is 6.64. The molecule has 1 aliphatic carbocycles. The number of nitrogens with zero attached hydrogens (tertiary/aromatic N) is 1. The van der Waals surface area contributed by atoms with Gasteiger partial charge in [-0.1, -0.05) is 30.3 Å². The molecule has 0 aromatic heterocycles. The lowest BCUT2D eigenvalue weighted by Crippen LogP contribution is -2.37. The predicted molar refractivity (Wildman–Crippen MR) is 69.8 cm³/mol. The van der Waals surface area contributed by atoms with Crippen molar-refractivity contribution in [3.05, 3.63) is 35.9 Å². The lowest BCUT2D eigenvalue weighted by atomic mass is 9.86. The number of carbonyl (C=O) groups excluding carboxylic acids is 1. The highest BCUT2D eigenvalue weighted by molar-refractivity contribution is 5.79. The molecule has 3 nitrogen and oxygen atoms in total. The zero-order valence-corrected chi connectivity index (χ0v) is 11.0. The van der Waals surface area contributed by atoms with Gasteiger partial charge in [-0.25, -0.2) is 8.78 Å². The maximum absolute atomic E-state index is 13.1. The third kappa shape index (κ3) is 3.53. The van der Waals surface area contributed by atoms with E-state index in [0.717, 1.165) is 0 Å². The molecule has 0 saturated heterocycles. The number of rotatable bonds is 3. The standard InChI is InChI=1S/C15H16F2N2O/c16-15(17)8-6-12(7-9-15)14(20)19-13(10-18)11-4-2-1-3-5-11/h1-5,12-13H,6-9H2,(H,19,20). The number of nitriles is 1. The molecule has 0 aliphatic heterocycles. The fourth-order valence-corrected chi connectivity index (χ4v) is 2.40. The Bertz CT molecular complexity index is 500. The average molecular weight is 278 g/mol. The second kappa shape index (κ2) is 6.00. The lowest BCUT2D eigenvalue weighted by Gasteiger charge is -2.28. The fraction of sp³-hybridized carbons (Fsp3) is 0.467. The smallest absolute Gasteiger partial charge is 0.248 e. The number of benzene rings is 1. The van der Waals surface area contributed by atoms with E-state index >= 15 is 0 Å². The van der Waals surface area contributed by atoms with Crippen LogP contribution in [0.5, 0.6) is 0 Å². The molecule has 1 amide bonds. The summed E-state index contributed by atoms with van der Waals surface area (Å²) in [5.41, 5.74) is 0.699. The molecule has 1 aliphatic rings. The summed E-state index contributed by atoms with van der Waals surface area (Å²) in [4.78, 5) is 12.0. The molecule has 1 aromatic carbocycles. The fourth-order valence-electron chi connectivity index (χ4n) is 2.40. The van der Waals surface area contributed by atoms with Gasteiger partial charge in [-0.05, 0) is 18.4 Å². The summed E-state index contributed by atoms with van der Waals surface area (Å²) in [6.45, 7) is 0. The minimum absolute atomic E-state index is 0.172. The monoisotopic (exact) mass is 278 g/mol. The summed E-state index contributed by atoms with van der Waals surface area (Å²) in [5, 5.41) is 11.8. The Morgan fingerprint density at radius 1 is 1.30 bits per heavy atom. The van der Waals surface area contributed by atoms with Crippen LogP contribution in [0.2, 0.25) is 0 Å². The maximum atomic E-state index is 13.1. The van der Waals surface area contributed by atoms with E-state index < -0.39 is 17.9 Å². The summed E-state index contributed by atoms with van der Waals surface area (Å²) in [5.74, 6) is -3.38. The molecule has 1 unspecified atom stereocenters. The van der Waals surface area contributed by atoms with Gasteiger partial charge in [0.15, 0.2) is 0 Å². The third-order valence-corrected chi connectivity index (χ3v) is 3.64. The van der Waals surface area contributed by atoms with Crippen LogP contribution in [-0.4, -0.2) is 11.8 Å². The molecular weight excluding hydrogens is 262 g/mol. The number of nitrogens with one attached hydrogen (secondary N) is 1. The third-order valence-electron chi connectivity index (χ3n) is 3.64. The van der Waals surface area contributed by atoms with Crippen molar-refractivity contribution in [3.63, 3.8) is 0 Å². The topological polar surface area (TPSA) is 52.9 Å². The predicted octanol–water partition coefficient (Wildman–Crippen LogP) is 3.19. The van der Waals surface area contributed by atoms with Gasteiger partial charge in [0.2, 0.25) is 11.8 Å². The van der Waals surface area contributed by atoms with E-state index in [4.69, 9.17) is 5.26 Å². The van der Waals surface area contributed by atoms with Crippen LogP contribution >= 0.6 is 0 Å². The first kappa shape index (κ1) is 14.4. The highest BCUT2D eigenvalue weighted by atomic mass is 19.3. The van der Waals surface area contributed by atoms with Crippen LogP contribution in [0, 0.1) is 17.2 Å². The molecular formula is C15H16F2N2O. The van der Waals surface area contributed by atoms with Crippen LogP contribution in [-0.2, 0) is 4.79 Å². The number of hydrogen-bond acceptors (Lipinski definition) is 2. The zero-order chi connectivity index (χ0) is 14.6. The minimum atomic E-state index is -2.65. The SMILES string of the molecule is N#CC(NC(=O)C1CCC(F)(F)CC1)c1ccccc1. The van der Waals surface area contributed by atoms with Gasteiger partial charge in [0, 0.05) is 18.8 Å². The summed E-state index contributed by atoms with van der Waals surface area (Å²) < 4.78 is 26.1. The van der Waals surface area contributed by atoms with Crippen molar-refractivity contribution in [3.8, 4) is 6.07 Å². The Morgan fingerprint density at radius 2 is 1.90 bits per heavy atom. The van der Waals surface area contributed by atoms with Crippen molar-refractivity contribution in [2.75, 3.05) is 0 Å². The largest absolute Gasteiger partial charge is 0.336 e. The van der Waals surface area contributed by atoms with Gasteiger partial charge in [-0.15, -0.1) is 0 Å². The molecule has 1 fully saturated rings. The highest BCUT2D eigenvalue weighted by Crippen LogP contribution is 2.36. The van der Waals surface area contributed by atoms with Gasteiger partial charge in [-0.2, -0.15) is 5.26 Å². The van der Waals surface area contributed by atoms with E-state index in [9.17, 15) is 13.6 Å². The highest BCUT2D eigenvalue weighted by Gasteiger charge is 2.37. The molecule has 1 N–H and O–H groups in total. The van der Waals surface area contributed by atoms with Crippen molar-refractivity contribution < 1.29 is 13.6 Å². The summed E-state index contributed by atoms with van der Waals surface area (Å²) in [6.07, 6.45) is -0.168. The Hall–Kier alpha value is -1.96. The molecule has 106 valence electrons. The average Bonchev–Trinajstić information content (AvgIpc) is 2.45. The van der Waals surface area contributed by atoms with E-state index in [1.165, 1.54) is 0 Å². The van der Waals surface area contributed by atoms with Crippen LogP contribution in [0.3, 0.4) is 0 Å². The Kier molecular flexibility index (Phi) is 4.33. The van der Waals surface area contributed by atoms with Crippen LogP contribution in [0.4, 0.5) is 8.78 Å². The van der Waals surface area contributed by atoms with Gasteiger partial charge < -0.3 is 5.32 Å². The minimum Gasteiger partial charge on any atom is -0.336 e. The Labute approximate surface area is 116 Å². The molecule has 1 aromatic rings. The van der Waals surface area contributed by atoms with Crippen molar-refractivity contribution in [2.24, 2.45) is 5.92 Å². The summed E-state index contributed by atoms with van der Waals surface area (Å²) in [7, 11) is 0. The molecule has 1 atom stereocenters. The normalized spacial score (nSPS) is 19.9. The molecule has 20 heavy (non-hydrogen) atoms. The second-order valence-corrected chi connectivity index (χ2v) is 5.11. The van der Waals surface area contributed by atoms with Crippen molar-refractivity contribution in [1.29, 1.82) is 5.26 Å². The molecule has 0 bridgehead atoms. The van der Waals surface area contributed by atoms with Crippen LogP contribution < -0.4 is 5.32 Å². The van der Waals surface area contributed by atoms with Gasteiger partial charge in [0.1, 0.15) is 6.04 Å². The molecule has 2 rings (SSSR count). The van der Waals surface area contributed by atoms with Crippen LogP contribution in [0.25, 0.3) is 0 Å². The van der Waals surface area contributed by atoms with Gasteiger partial charge in [0.25, 0.3) is 0 Å². The first-order valence-corrected chi connectivity index (χ1v) is 6.64. The number of hydrogen-bond donors (Lipinski definition) is 1. The van der Waals surface area contributed by atoms with Crippen molar-refractivity contribution in [2.45, 2.75) is 37.6 Å². The van der Waals surface area contributed by atoms with E-state index in [2.05, 4.69) is 5.32 Å². The summed E-state index contributed by atoms with van der Waals surface area (Å²) >= 11 is 0. The summed E-state index contributed by atoms with van der Waals surface area (Å²) in [6, 6.07) is 10.2. The molecule has 0 radical (unpaired) electrons. The van der Waals surface area contributed by atoms with Crippen LogP contribution in [0.15, 0.2) is 30.3 Å². The molecule has 0 spiro atoms. The van der Waals surface area contributed by atoms with E-state index in [-0.39, 0.29) is 31.6 Å². The molecule has 5 heteroatoms. The number of carbonyl (C=O) groups is 1. The zero-order valence-electron chi connectivity index (χ0n) is 11.0. The van der Waals surface area contributed by atoms with Gasteiger partial charge in [-0.3, -0.25) is 4.79 Å². The van der Waals surface area contributed by atoms with E-state index in [0.29, 0.717) is 5.56 Å². The molecule has 1 saturated carbocycles. The number of halogens is 2. The second-order valence-electron chi connectivity index (χ2n) is 5.11. The number of alkyl halides is 2. The maximum Gasteiger partial charge on any atom is 0.248 e. The van der Waals surface area contributed by atoms with Gasteiger partial charge in [0.05, 0.1) is 6.07 Å². The van der Waals surface area contributed by atoms with E-state index in [1.54, 1.807) is 24.3 Å². The van der Waals surface area contributed by atoms with Gasteiger partial charge >= 0.3 is 0 Å². The first-order chi connectivity index (χ1) is 9.52. The lowest BCUT2D eigenvalue weighted by molar-refractivity contribution is -0.129. The Morgan fingerprint density at radius 3 is 2.45 bits per heavy atom. The van der Waals surface area contributed by atoms with Crippen molar-refractivity contribution >= 4 is 5.91 Å². The Balaban J connectivity index is 1.96. The van der Waals surface area contributed by atoms with Crippen molar-refractivity contribution in [1.82, 2.24) is 5.32 Å². The quantitative estimate of drug-likeness (QED) is 0.923. The molecule has 0 heterocycles. The number of amides is 1. The van der Waals surface area contributed by atoms with E-state index in [1.807, 2.05) is 12.1 Å². The van der Waals surface area contributed by atoms with Crippen LogP contribution in [0.1, 0.15) is 37.3 Å².